The van der Waals surface area contributed by atoms with Gasteiger partial charge in [0.15, 0.2) is 22.7 Å². The van der Waals surface area contributed by atoms with Gasteiger partial charge in [-0.3, -0.25) is 9.97 Å². The molecule has 2 aromatic carbocycles. The summed E-state index contributed by atoms with van der Waals surface area (Å²) in [7, 11) is -0.563. The molecule has 0 aliphatic heterocycles. The monoisotopic (exact) mass is 754 g/mol. The van der Waals surface area contributed by atoms with Crippen LogP contribution in [0.2, 0.25) is 19.6 Å². The summed E-state index contributed by atoms with van der Waals surface area (Å²) in [5.74, 6) is -1.68. The average Bonchev–Trinajstić information content (AvgIpc) is 3.73. The van der Waals surface area contributed by atoms with Crippen molar-refractivity contribution in [3.8, 4) is 0 Å². The van der Waals surface area contributed by atoms with Crippen LogP contribution in [-0.2, 0) is 17.8 Å². The first-order chi connectivity index (χ1) is 24.9. The Bertz CT molecular complexity index is 2550. The first kappa shape index (κ1) is 39.2. The zero-order chi connectivity index (χ0) is 36.8. The molecule has 53 heavy (non-hydrogen) atoms. The van der Waals surface area contributed by atoms with E-state index >= 15 is 0 Å². The predicted octanol–water partition coefficient (Wildman–Crippen LogP) is 0.306. The van der Waals surface area contributed by atoms with Crippen molar-refractivity contribution in [2.45, 2.75) is 32.7 Å². The first-order valence-electron chi connectivity index (χ1n) is 15.8. The predicted molar refractivity (Wildman–Crippen MR) is 190 cm³/mol. The van der Waals surface area contributed by atoms with Crippen molar-refractivity contribution in [2.75, 3.05) is 7.11 Å². The molecule has 0 fully saturated rings. The molecule has 0 atom stereocenters. The van der Waals surface area contributed by atoms with E-state index in [9.17, 15) is 14.4 Å². The van der Waals surface area contributed by atoms with Crippen molar-refractivity contribution in [3.05, 3.63) is 108 Å². The summed E-state index contributed by atoms with van der Waals surface area (Å²) in [4.78, 5) is 57.8. The number of rotatable bonds is 6. The van der Waals surface area contributed by atoms with Crippen LogP contribution in [0.4, 0.5) is 0 Å². The molecular weight excluding hydrogens is 724 g/mol. The van der Waals surface area contributed by atoms with E-state index in [0.717, 1.165) is 32.9 Å². The molecule has 6 aromatic heterocycles. The molecule has 0 aliphatic carbocycles. The Morgan fingerprint density at radius 3 is 1.64 bits per heavy atom. The maximum Gasteiger partial charge on any atom is 1.00 e. The largest absolute Gasteiger partial charge is 1.00 e. The maximum absolute atomic E-state index is 11.6. The van der Waals surface area contributed by atoms with Crippen LogP contribution in [0.25, 0.3) is 44.4 Å². The minimum absolute atomic E-state index is 0. The Kier molecular flexibility index (Phi) is 12.7. The van der Waals surface area contributed by atoms with Crippen LogP contribution in [0.1, 0.15) is 32.1 Å². The molecule has 0 unspecified atom stereocenters. The van der Waals surface area contributed by atoms with Gasteiger partial charge in [0.05, 0.1) is 43.6 Å². The number of carboxylic acid groups (broad SMARTS) is 1. The summed E-state index contributed by atoms with van der Waals surface area (Å²) in [6.45, 7) is 6.19. The van der Waals surface area contributed by atoms with Crippen LogP contribution in [0.3, 0.4) is 0 Å². The third kappa shape index (κ3) is 10.1. The summed E-state index contributed by atoms with van der Waals surface area (Å²) >= 11 is 0. The van der Waals surface area contributed by atoms with Crippen molar-refractivity contribution >= 4 is 64.7 Å². The summed E-state index contributed by atoms with van der Waals surface area (Å²) in [6, 6.07) is 19.6. The number of nitrogens with zero attached hydrogens (tertiary/aromatic N) is 12. The first-order valence-corrected chi connectivity index (χ1v) is 19.2. The number of ether oxygens (including phenoxy) is 1. The number of carbonyl (C=O) groups is 2. The normalized spacial score (nSPS) is 11.0. The van der Waals surface area contributed by atoms with Crippen LogP contribution in [0.5, 0.6) is 0 Å². The van der Waals surface area contributed by atoms with Crippen molar-refractivity contribution in [1.82, 2.24) is 59.9 Å². The Morgan fingerprint density at radius 1 is 0.736 bits per heavy atom. The van der Waals surface area contributed by atoms with Gasteiger partial charge in [-0.25, -0.2) is 38.9 Å². The third-order valence-corrected chi connectivity index (χ3v) is 7.07. The Labute approximate surface area is 345 Å². The zero-order valence-electron chi connectivity index (χ0n) is 29.4. The second kappa shape index (κ2) is 17.2. The van der Waals surface area contributed by atoms with Gasteiger partial charge in [-0.2, -0.15) is 0 Å². The van der Waals surface area contributed by atoms with Crippen LogP contribution < -0.4 is 56.2 Å². The van der Waals surface area contributed by atoms with Crippen LogP contribution in [-0.4, -0.2) is 92.4 Å². The van der Waals surface area contributed by atoms with Crippen molar-refractivity contribution in [2.24, 2.45) is 0 Å². The Balaban J connectivity index is 0.000000179. The standard InChI is InChI=1S/C16H12N6O2.C15H10N6O2.C3H9OSi.K/c1-24-16(23)13-8-18-14-15(19-13)22(21-20-14)9-10-4-5-12-11(7-10)3-2-6-17-12;22-15(23)12-7-17-13-14(18-12)21(20-19-13)8-9-3-4-11-10(6-9)2-1-5-16-11;1-5(2,3)4;/h2-8H,9H2,1H3;1-7H,8H2,(H,22,23);1-3H3;/q;;-1;+1. The van der Waals surface area contributed by atoms with E-state index in [1.165, 1.54) is 24.2 Å². The van der Waals surface area contributed by atoms with E-state index in [4.69, 9.17) is 5.11 Å². The van der Waals surface area contributed by atoms with E-state index in [0.29, 0.717) is 35.7 Å². The number of hydrogen-bond donors (Lipinski definition) is 1. The molecular formula is C34H31KN12O5Si. The van der Waals surface area contributed by atoms with Gasteiger partial charge in [0.25, 0.3) is 0 Å². The number of benzene rings is 2. The molecule has 0 saturated carbocycles. The third-order valence-electron chi connectivity index (χ3n) is 7.07. The molecule has 6 heterocycles. The minimum atomic E-state index is -1.86. The minimum Gasteiger partial charge on any atom is -0.859 e. The molecule has 262 valence electrons. The molecule has 0 spiro atoms. The summed E-state index contributed by atoms with van der Waals surface area (Å²) in [5, 5.41) is 27.0. The zero-order valence-corrected chi connectivity index (χ0v) is 33.6. The molecule has 1 N–H and O–H groups in total. The second-order valence-corrected chi connectivity index (χ2v) is 16.5. The number of esters is 1. The van der Waals surface area contributed by atoms with E-state index in [1.807, 2.05) is 60.7 Å². The molecule has 0 bridgehead atoms. The van der Waals surface area contributed by atoms with E-state index in [-0.39, 0.29) is 62.8 Å². The molecule has 0 aliphatic rings. The number of aromatic carboxylic acids is 1. The number of fused-ring (bicyclic) bond motifs is 4. The summed E-state index contributed by atoms with van der Waals surface area (Å²) < 4.78 is 7.81. The molecule has 17 nitrogen and oxygen atoms in total. The number of aromatic nitrogens is 12. The summed E-state index contributed by atoms with van der Waals surface area (Å²) in [6.07, 6.45) is 6.01. The number of hydrogen-bond acceptors (Lipinski definition) is 14. The van der Waals surface area contributed by atoms with E-state index in [2.05, 4.69) is 55.3 Å². The van der Waals surface area contributed by atoms with E-state index in [1.54, 1.807) is 36.7 Å². The molecule has 0 amide bonds. The van der Waals surface area contributed by atoms with Gasteiger partial charge < -0.3 is 14.6 Å². The smallest absolute Gasteiger partial charge is 0.859 e. The SMILES string of the molecule is COC(=O)c1cnc2nnn(Cc3ccc4ncccc4c3)c2n1.C[Si](C)(C)[O-].O=C(O)c1cnc2nnn(Cc3ccc4ncccc4c3)c2n1.[K+]. The van der Waals surface area contributed by atoms with Crippen LogP contribution >= 0.6 is 0 Å². The number of pyridine rings is 2. The molecule has 8 aromatic rings. The van der Waals surface area contributed by atoms with Crippen molar-refractivity contribution < 1.29 is 75.6 Å². The molecule has 0 saturated heterocycles. The van der Waals surface area contributed by atoms with Crippen LogP contribution in [0, 0.1) is 0 Å². The van der Waals surface area contributed by atoms with Gasteiger partial charge in [-0.1, -0.05) is 62.7 Å². The molecule has 0 radical (unpaired) electrons. The number of carbonyl (C=O) groups excluding carboxylic acids is 1. The van der Waals surface area contributed by atoms with Crippen molar-refractivity contribution in [1.29, 1.82) is 0 Å². The number of methoxy groups -OCH3 is 1. The van der Waals surface area contributed by atoms with Gasteiger partial charge in [0, 0.05) is 23.2 Å². The molecule has 19 heteroatoms. The van der Waals surface area contributed by atoms with Gasteiger partial charge in [0.1, 0.15) is 0 Å². The fourth-order valence-electron chi connectivity index (χ4n) is 4.82. The Hall–Kier alpha value is -5.03. The quantitative estimate of drug-likeness (QED) is 0.178. The second-order valence-electron chi connectivity index (χ2n) is 12.3. The van der Waals surface area contributed by atoms with E-state index < -0.39 is 20.3 Å². The Morgan fingerprint density at radius 2 is 1.19 bits per heavy atom. The van der Waals surface area contributed by atoms with Crippen LogP contribution in [0.15, 0.2) is 85.5 Å². The van der Waals surface area contributed by atoms with Gasteiger partial charge in [-0.05, 0) is 47.5 Å². The maximum atomic E-state index is 11.6. The fourth-order valence-corrected chi connectivity index (χ4v) is 4.82. The van der Waals surface area contributed by atoms with Gasteiger partial charge >= 0.3 is 63.3 Å². The topological polar surface area (TPSA) is 225 Å². The average molecular weight is 755 g/mol. The summed E-state index contributed by atoms with van der Waals surface area (Å²) in [5.41, 5.74) is 5.31. The molecule has 8 rings (SSSR count). The fraction of sp³-hybridized carbons (Fsp3) is 0.176. The van der Waals surface area contributed by atoms with Crippen molar-refractivity contribution in [3.63, 3.8) is 0 Å². The van der Waals surface area contributed by atoms with Gasteiger partial charge in [-0.15, -0.1) is 10.2 Å². The number of carboxylic acids is 1. The van der Waals surface area contributed by atoms with Gasteiger partial charge in [0.2, 0.25) is 11.3 Å².